The maximum absolute atomic E-state index is 15.5. The van der Waals surface area contributed by atoms with E-state index >= 15 is 28.8 Å². The molecule has 0 spiro atoms. The summed E-state index contributed by atoms with van der Waals surface area (Å²) in [4.78, 5) is 292. The number of H-pyrrole nitrogens is 2. The van der Waals surface area contributed by atoms with Gasteiger partial charge in [0.05, 0.1) is 18.7 Å². The number of aliphatic carboxylic acids is 1. The van der Waals surface area contributed by atoms with Gasteiger partial charge in [0.15, 0.2) is 11.9 Å². The normalized spacial score (nSPS) is 16.6. The monoisotopic (exact) mass is 2120 g/mol. The Balaban J connectivity index is 1.24. The van der Waals surface area contributed by atoms with Crippen molar-refractivity contribution in [1.29, 1.82) is 10.8 Å². The van der Waals surface area contributed by atoms with Crippen molar-refractivity contribution in [3.05, 3.63) is 72.1 Å². The number of fused-ring (bicyclic) bond motifs is 2. The summed E-state index contributed by atoms with van der Waals surface area (Å²) in [6.45, 7) is 17.1. The van der Waals surface area contributed by atoms with E-state index in [1.54, 1.807) is 116 Å². The largest absolute Gasteiger partial charge is 0.480 e. The standard InChI is InChI=1S/C98H155N29O22S/c1-49(2)40-67(87(139)118-68(41-50(3)4)88(140)121-70(43-56-45-109-60-24-14-12-22-58(56)60)89(141)115-63(27-18-36-107-97(103)104)83(135)113-64(28-19-37-108-98(105)106)84(136)123-72(48-150)91(143)112-54(10)96(148)149)119-90(142)71(44-57-46-110-61-25-15-13-23-59(57)61)120-85(137)66(32-34-76(102)130)116-82(134)62(26-16-17-35-99)114-86(138)69(42-51(5)6)122-94(146)79(55(11)128)125-93(145)73-29-20-38-126(73)77(131)47-111-81(133)65(31-33-75(101)129)117-92(144)74-30-21-39-127(74)95(147)78(52(7)8)124-80(132)53(9)100/h12-15,22-25,45-46,49-55,62-74,78-79,109-110,128,150H,16-21,26-44,47-48,99-100H2,1-11H3,(H2,101,129)(H2,102,130)(H,111,133)(H,112,143)(H,113,135)(H,114,138)(H,115,141)(H,116,134)(H,117,144)(H,118,139)(H,119,142)(H,120,137)(H,121,140)(H,122,146)(H,123,136)(H,124,132)(H,125,145)(H,148,149)(H4,103,104,107)(H4,105,106,108)/t53-,54-,55+,62-,63-,64-,65-,66-,67-,68-,69-,70-,71-,72-,73-,74-,78-,79-/m0/s1. The SMILES string of the molecule is CC(C)C[C@H](NC(=O)[C@H](CC(C)C)NC(=O)[C@H](Cc1c[nH]c2ccccc12)NC(=O)[C@H](CCC(N)=O)NC(=O)[C@H](CCCCN)NC(=O)[C@H](CC(C)C)NC(=O)[C@@H](NC(=O)[C@@H]1CCCN1C(=O)CNC(=O)[C@H](CCC(N)=O)NC(=O)[C@@H]1CCCN1C(=O)[C@@H](NC(=O)[C@H](C)N)C(C)C)[C@@H](C)O)C(=O)N[C@@H](Cc1c[nH]c2ccccc12)C(=O)N[C@@H](CCCNC(=N)N)C(=O)N[C@@H](CCCNC(=N)N)C(=O)N[C@@H](CS)C(=O)N[C@@H](C)C(=O)O. The molecule has 52 heteroatoms. The number of nitrogens with zero attached hydrogens (tertiary/aromatic N) is 2. The Morgan fingerprint density at radius 1 is 0.413 bits per heavy atom. The molecule has 150 heavy (non-hydrogen) atoms. The van der Waals surface area contributed by atoms with E-state index in [1.807, 2.05) is 0 Å². The van der Waals surface area contributed by atoms with Gasteiger partial charge in [-0.3, -0.25) is 107 Å². The van der Waals surface area contributed by atoms with E-state index < -0.39 is 271 Å². The van der Waals surface area contributed by atoms with Crippen LogP contribution in [0, 0.1) is 34.5 Å². The fourth-order valence-electron chi connectivity index (χ4n) is 17.2. The minimum absolute atomic E-state index is 0.00216. The third-order valence-corrected chi connectivity index (χ3v) is 25.7. The second-order valence-corrected chi connectivity index (χ2v) is 40.0. The summed E-state index contributed by atoms with van der Waals surface area (Å²) in [6, 6.07) is -10.5. The molecular formula is C98H155N29O22S. The molecule has 2 aromatic heterocycles. The van der Waals surface area contributed by atoms with Crippen LogP contribution in [0.5, 0.6) is 0 Å². The third-order valence-electron chi connectivity index (χ3n) is 25.3. The molecular weight excluding hydrogens is 1970 g/mol. The van der Waals surface area contributed by atoms with E-state index in [-0.39, 0.29) is 153 Å². The van der Waals surface area contributed by atoms with Crippen molar-refractivity contribution >= 4 is 165 Å². The van der Waals surface area contributed by atoms with Gasteiger partial charge in [0.1, 0.15) is 96.7 Å². The van der Waals surface area contributed by atoms with Crippen molar-refractivity contribution < 1.29 is 106 Å². The number of para-hydroxylation sites is 2. The van der Waals surface area contributed by atoms with Gasteiger partial charge in [0.25, 0.3) is 0 Å². The van der Waals surface area contributed by atoms with Gasteiger partial charge in [-0.05, 0) is 177 Å². The van der Waals surface area contributed by atoms with E-state index in [0.717, 1.165) is 4.90 Å². The molecule has 19 amide bonds. The lowest BCUT2D eigenvalue weighted by Gasteiger charge is -2.31. The molecule has 0 radical (unpaired) electrons. The average Bonchev–Trinajstić information content (AvgIpc) is 1.59. The van der Waals surface area contributed by atoms with Crippen LogP contribution in [0.3, 0.4) is 0 Å². The number of carbonyl (C=O) groups is 20. The van der Waals surface area contributed by atoms with Crippen LogP contribution in [-0.4, -0.2) is 314 Å². The molecule has 0 bridgehead atoms. The quantitative estimate of drug-likeness (QED) is 0.00852. The molecule has 0 unspecified atom stereocenters. The van der Waals surface area contributed by atoms with Crippen molar-refractivity contribution in [2.45, 2.75) is 313 Å². The lowest BCUT2D eigenvalue weighted by atomic mass is 9.98. The lowest BCUT2D eigenvalue weighted by molar-refractivity contribution is -0.143. The summed E-state index contributed by atoms with van der Waals surface area (Å²) in [5.41, 5.74) is 36.2. The summed E-state index contributed by atoms with van der Waals surface area (Å²) < 4.78 is 0. The summed E-state index contributed by atoms with van der Waals surface area (Å²) >= 11 is 4.20. The van der Waals surface area contributed by atoms with Gasteiger partial charge in [-0.25, -0.2) is 0 Å². The van der Waals surface area contributed by atoms with Crippen LogP contribution in [0.4, 0.5) is 0 Å². The minimum Gasteiger partial charge on any atom is -0.480 e. The molecule has 0 saturated carbocycles. The van der Waals surface area contributed by atoms with E-state index in [4.69, 9.17) is 45.2 Å². The number of guanidine groups is 2. The molecule has 6 rings (SSSR count). The van der Waals surface area contributed by atoms with Gasteiger partial charge in [-0.2, -0.15) is 12.6 Å². The van der Waals surface area contributed by atoms with Crippen molar-refractivity contribution in [3.8, 4) is 0 Å². The summed E-state index contributed by atoms with van der Waals surface area (Å²) in [7, 11) is 0. The molecule has 830 valence electrons. The van der Waals surface area contributed by atoms with Crippen LogP contribution < -0.4 is 125 Å². The number of carboxylic acid groups (broad SMARTS) is 1. The molecule has 0 aliphatic carbocycles. The van der Waals surface area contributed by atoms with Gasteiger partial charge < -0.3 is 155 Å². The Kier molecular flexibility index (Phi) is 51.1. The molecule has 2 fully saturated rings. The second kappa shape index (κ2) is 61.6. The van der Waals surface area contributed by atoms with Crippen LogP contribution in [0.2, 0.25) is 0 Å². The number of rotatable bonds is 64. The first-order valence-electron chi connectivity index (χ1n) is 50.8. The molecule has 2 aromatic carbocycles. The number of aliphatic hydroxyl groups is 1. The van der Waals surface area contributed by atoms with E-state index in [9.17, 15) is 77.3 Å². The third kappa shape index (κ3) is 40.3. The van der Waals surface area contributed by atoms with Gasteiger partial charge >= 0.3 is 5.97 Å². The highest BCUT2D eigenvalue weighted by Crippen LogP contribution is 2.26. The van der Waals surface area contributed by atoms with Crippen LogP contribution in [-0.2, 0) is 109 Å². The number of aliphatic hydroxyl groups excluding tert-OH is 1. The van der Waals surface area contributed by atoms with Crippen LogP contribution >= 0.6 is 12.6 Å². The van der Waals surface area contributed by atoms with Gasteiger partial charge in [-0.15, -0.1) is 0 Å². The Hall–Kier alpha value is -14.3. The fraction of sp³-hybridized carbons (Fsp3) is 0.612. The number of carboxylic acids is 1. The fourth-order valence-corrected chi connectivity index (χ4v) is 17.5. The summed E-state index contributed by atoms with van der Waals surface area (Å²) in [6.07, 6.45) is -0.206. The second-order valence-electron chi connectivity index (χ2n) is 39.6. The van der Waals surface area contributed by atoms with Crippen LogP contribution in [0.25, 0.3) is 21.8 Å². The molecule has 2 aliphatic heterocycles. The number of aromatic nitrogens is 2. The predicted octanol–water partition coefficient (Wildman–Crippen LogP) is -4.94. The Morgan fingerprint density at radius 2 is 0.773 bits per heavy atom. The zero-order valence-electron chi connectivity index (χ0n) is 86.9. The average molecular weight is 2120 g/mol. The lowest BCUT2D eigenvalue weighted by Crippen LogP contribution is -2.62. The Bertz CT molecular complexity index is 5360. The number of hydrogen-bond donors (Lipinski definition) is 30. The summed E-state index contributed by atoms with van der Waals surface area (Å²) in [5, 5.41) is 81.9. The topological polar surface area (TPSA) is 828 Å². The van der Waals surface area contributed by atoms with Crippen LogP contribution in [0.15, 0.2) is 60.9 Å². The summed E-state index contributed by atoms with van der Waals surface area (Å²) in [5.74, 6) is -21.1. The van der Waals surface area contributed by atoms with Gasteiger partial charge in [-0.1, -0.05) is 91.8 Å². The number of carbonyl (C=O) groups excluding carboxylic acids is 19. The zero-order chi connectivity index (χ0) is 112. The molecule has 51 nitrogen and oxygen atoms in total. The number of likely N-dealkylation sites (tertiary alicyclic amines) is 2. The van der Waals surface area contributed by atoms with Gasteiger partial charge in [0, 0.05) is 91.8 Å². The number of nitrogens with two attached hydrogens (primary N) is 6. The van der Waals surface area contributed by atoms with Crippen molar-refractivity contribution in [3.63, 3.8) is 0 Å². The minimum atomic E-state index is -1.81. The number of unbranched alkanes of at least 4 members (excludes halogenated alkanes) is 1. The molecule has 2 saturated heterocycles. The number of primary amides is 2. The van der Waals surface area contributed by atoms with E-state index in [0.29, 0.717) is 45.8 Å². The predicted molar refractivity (Wildman–Crippen MR) is 557 cm³/mol. The maximum atomic E-state index is 15.5. The molecule has 35 N–H and O–H groups in total. The number of thiol groups is 1. The zero-order valence-corrected chi connectivity index (χ0v) is 87.8. The smallest absolute Gasteiger partial charge is 0.325 e. The number of aromatic amines is 2. The first-order chi connectivity index (χ1) is 70.8. The van der Waals surface area contributed by atoms with Crippen molar-refractivity contribution in [2.24, 2.45) is 58.1 Å². The Morgan fingerprint density at radius 3 is 1.17 bits per heavy atom. The number of benzene rings is 2. The molecule has 4 aromatic rings. The van der Waals surface area contributed by atoms with Crippen molar-refractivity contribution in [1.82, 2.24) is 110 Å². The number of amides is 19. The number of nitrogens with one attached hydrogen (secondary N) is 21. The highest BCUT2D eigenvalue weighted by molar-refractivity contribution is 7.80. The first kappa shape index (κ1) is 124. The van der Waals surface area contributed by atoms with E-state index in [1.165, 1.54) is 25.7 Å². The maximum Gasteiger partial charge on any atom is 0.325 e. The Labute approximate surface area is 875 Å². The highest BCUT2D eigenvalue weighted by atomic mass is 32.1. The molecule has 4 heterocycles. The van der Waals surface area contributed by atoms with Crippen molar-refractivity contribution in [2.75, 3.05) is 45.0 Å². The van der Waals surface area contributed by atoms with Crippen LogP contribution in [0.1, 0.15) is 203 Å². The molecule has 18 atom stereocenters. The number of hydrogen-bond acceptors (Lipinski definition) is 26. The molecule has 2 aliphatic rings. The first-order valence-corrected chi connectivity index (χ1v) is 51.4. The van der Waals surface area contributed by atoms with Gasteiger partial charge in [0.2, 0.25) is 112 Å². The highest BCUT2D eigenvalue weighted by Gasteiger charge is 2.45. The van der Waals surface area contributed by atoms with E-state index in [2.05, 4.69) is 113 Å².